The van der Waals surface area contributed by atoms with Crippen LogP contribution in [0.4, 0.5) is 17.5 Å². The molecule has 0 spiro atoms. The van der Waals surface area contributed by atoms with Gasteiger partial charge in [-0.15, -0.1) is 0 Å². The van der Waals surface area contributed by atoms with Crippen molar-refractivity contribution in [2.24, 2.45) is 0 Å². The topological polar surface area (TPSA) is 79.4 Å². The molecule has 0 atom stereocenters. The molecule has 0 saturated carbocycles. The van der Waals surface area contributed by atoms with Crippen LogP contribution in [0.25, 0.3) is 0 Å². The van der Waals surface area contributed by atoms with Crippen LogP contribution in [0.5, 0.6) is 5.75 Å². The van der Waals surface area contributed by atoms with E-state index in [0.717, 1.165) is 48.7 Å². The second-order valence-corrected chi connectivity index (χ2v) is 7.70. The van der Waals surface area contributed by atoms with Crippen molar-refractivity contribution >= 4 is 23.4 Å². The monoisotopic (exact) mass is 417 g/mol. The predicted octanol–water partition coefficient (Wildman–Crippen LogP) is 3.94. The second-order valence-electron chi connectivity index (χ2n) is 7.70. The van der Waals surface area contributed by atoms with Crippen LogP contribution in [0.3, 0.4) is 0 Å². The maximum atomic E-state index is 12.5. The summed E-state index contributed by atoms with van der Waals surface area (Å²) < 4.78 is 5.19. The van der Waals surface area contributed by atoms with Gasteiger partial charge in [0.1, 0.15) is 11.6 Å². The Kier molecular flexibility index (Phi) is 6.31. The largest absolute Gasteiger partial charge is 0.497 e. The molecule has 0 radical (unpaired) electrons. The summed E-state index contributed by atoms with van der Waals surface area (Å²) >= 11 is 0. The van der Waals surface area contributed by atoms with Gasteiger partial charge in [-0.1, -0.05) is 17.7 Å². The molecule has 4 rings (SSSR count). The predicted molar refractivity (Wildman–Crippen MR) is 122 cm³/mol. The van der Waals surface area contributed by atoms with Crippen LogP contribution in [-0.2, 0) is 0 Å². The number of nitrogens with zero attached hydrogens (tertiary/aromatic N) is 3. The lowest BCUT2D eigenvalue weighted by molar-refractivity contribution is 0.0931. The summed E-state index contributed by atoms with van der Waals surface area (Å²) in [6.07, 6.45) is 3.48. The Morgan fingerprint density at radius 3 is 2.42 bits per heavy atom. The zero-order chi connectivity index (χ0) is 21.6. The highest BCUT2D eigenvalue weighted by molar-refractivity contribution is 5.94. The van der Waals surface area contributed by atoms with Crippen molar-refractivity contribution in [2.75, 3.05) is 30.4 Å². The summed E-state index contributed by atoms with van der Waals surface area (Å²) in [4.78, 5) is 23.7. The van der Waals surface area contributed by atoms with Gasteiger partial charge in [0.2, 0.25) is 5.95 Å². The number of methoxy groups -OCH3 is 1. The van der Waals surface area contributed by atoms with E-state index in [1.165, 1.54) is 0 Å². The Morgan fingerprint density at radius 1 is 1.03 bits per heavy atom. The first kappa shape index (κ1) is 20.7. The van der Waals surface area contributed by atoms with E-state index in [0.29, 0.717) is 11.5 Å². The summed E-state index contributed by atoms with van der Waals surface area (Å²) in [5.41, 5.74) is 2.78. The van der Waals surface area contributed by atoms with Crippen molar-refractivity contribution < 1.29 is 9.53 Å². The van der Waals surface area contributed by atoms with Gasteiger partial charge in [0.25, 0.3) is 5.91 Å². The van der Waals surface area contributed by atoms with Gasteiger partial charge in [-0.25, -0.2) is 4.98 Å². The minimum atomic E-state index is -0.0135. The van der Waals surface area contributed by atoms with Crippen LogP contribution in [0.15, 0.2) is 60.8 Å². The fraction of sp³-hybridized carbons (Fsp3) is 0.292. The molecule has 2 N–H and O–H groups in total. The van der Waals surface area contributed by atoms with Crippen LogP contribution in [0.1, 0.15) is 28.8 Å². The summed E-state index contributed by atoms with van der Waals surface area (Å²) in [5.74, 6) is 2.23. The summed E-state index contributed by atoms with van der Waals surface area (Å²) in [5, 5.41) is 6.45. The molecule has 1 amide bonds. The molecule has 1 aromatic heterocycles. The van der Waals surface area contributed by atoms with Crippen molar-refractivity contribution in [1.82, 2.24) is 15.3 Å². The number of anilines is 3. The normalized spacial score (nSPS) is 14.2. The van der Waals surface area contributed by atoms with E-state index in [-0.39, 0.29) is 11.9 Å². The van der Waals surface area contributed by atoms with Crippen molar-refractivity contribution in [2.45, 2.75) is 25.8 Å². The molecule has 0 aliphatic carbocycles. The Balaban J connectivity index is 1.32. The number of nitrogens with one attached hydrogen (secondary N) is 2. The maximum absolute atomic E-state index is 12.5. The standard InChI is InChI=1S/C24H27N5O2/c1-17-3-5-18(6-4-17)23(30)27-20-12-15-29(16-13-20)24-25-14-11-22(28-24)26-19-7-9-21(31-2)10-8-19/h3-11,14,20H,12-13,15-16H2,1-2H3,(H,27,30)(H,25,26,28). The highest BCUT2D eigenvalue weighted by Gasteiger charge is 2.22. The molecular weight excluding hydrogens is 390 g/mol. The third-order valence-electron chi connectivity index (χ3n) is 5.43. The van der Waals surface area contributed by atoms with Gasteiger partial charge < -0.3 is 20.3 Å². The smallest absolute Gasteiger partial charge is 0.251 e. The van der Waals surface area contributed by atoms with Crippen LogP contribution in [0, 0.1) is 6.92 Å². The van der Waals surface area contributed by atoms with Gasteiger partial charge in [0, 0.05) is 36.6 Å². The molecule has 0 bridgehead atoms. The average Bonchev–Trinajstić information content (AvgIpc) is 2.81. The van der Waals surface area contributed by atoms with E-state index >= 15 is 0 Å². The number of aromatic nitrogens is 2. The SMILES string of the molecule is COc1ccc(Nc2ccnc(N3CCC(NC(=O)c4ccc(C)cc4)CC3)n2)cc1. The number of carbonyl (C=O) groups is 1. The van der Waals surface area contributed by atoms with E-state index in [1.54, 1.807) is 13.3 Å². The third kappa shape index (κ3) is 5.31. The highest BCUT2D eigenvalue weighted by atomic mass is 16.5. The zero-order valence-electron chi connectivity index (χ0n) is 17.8. The Morgan fingerprint density at radius 2 is 1.74 bits per heavy atom. The summed E-state index contributed by atoms with van der Waals surface area (Å²) in [6.45, 7) is 3.61. The molecule has 1 fully saturated rings. The number of ether oxygens (including phenoxy) is 1. The molecule has 7 nitrogen and oxygen atoms in total. The first-order valence-corrected chi connectivity index (χ1v) is 10.5. The Labute approximate surface area is 182 Å². The molecule has 1 aliphatic rings. The first-order chi connectivity index (χ1) is 15.1. The molecule has 0 unspecified atom stereocenters. The Bertz CT molecular complexity index is 1010. The van der Waals surface area contributed by atoms with Gasteiger partial charge in [0.15, 0.2) is 0 Å². The minimum absolute atomic E-state index is 0.0135. The van der Waals surface area contributed by atoms with E-state index in [9.17, 15) is 4.79 Å². The summed E-state index contributed by atoms with van der Waals surface area (Å²) in [7, 11) is 1.65. The number of benzene rings is 2. The summed E-state index contributed by atoms with van der Waals surface area (Å²) in [6, 6.07) is 17.4. The van der Waals surface area contributed by atoms with Crippen LogP contribution >= 0.6 is 0 Å². The van der Waals surface area contributed by atoms with Crippen molar-refractivity contribution in [3.05, 3.63) is 71.9 Å². The lowest BCUT2D eigenvalue weighted by Crippen LogP contribution is -2.45. The lowest BCUT2D eigenvalue weighted by Gasteiger charge is -2.32. The zero-order valence-corrected chi connectivity index (χ0v) is 17.8. The van der Waals surface area contributed by atoms with E-state index in [4.69, 9.17) is 4.74 Å². The third-order valence-corrected chi connectivity index (χ3v) is 5.43. The number of hydrogen-bond acceptors (Lipinski definition) is 6. The van der Waals surface area contributed by atoms with Crippen LogP contribution < -0.4 is 20.3 Å². The quantitative estimate of drug-likeness (QED) is 0.633. The molecule has 3 aromatic rings. The fourth-order valence-electron chi connectivity index (χ4n) is 3.59. The number of rotatable bonds is 6. The van der Waals surface area contributed by atoms with Crippen molar-refractivity contribution in [3.8, 4) is 5.75 Å². The average molecular weight is 418 g/mol. The molecule has 7 heteroatoms. The molecule has 31 heavy (non-hydrogen) atoms. The molecule has 1 saturated heterocycles. The van der Waals surface area contributed by atoms with Crippen LogP contribution in [0.2, 0.25) is 0 Å². The van der Waals surface area contributed by atoms with E-state index in [2.05, 4.69) is 25.5 Å². The van der Waals surface area contributed by atoms with Gasteiger partial charge in [0.05, 0.1) is 7.11 Å². The maximum Gasteiger partial charge on any atom is 0.251 e. The molecule has 160 valence electrons. The molecule has 2 heterocycles. The second kappa shape index (κ2) is 9.47. The molecule has 2 aromatic carbocycles. The molecular formula is C24H27N5O2. The lowest BCUT2D eigenvalue weighted by atomic mass is 10.0. The number of hydrogen-bond donors (Lipinski definition) is 2. The van der Waals surface area contributed by atoms with Gasteiger partial charge in [-0.05, 0) is 62.2 Å². The van der Waals surface area contributed by atoms with Gasteiger partial charge in [-0.2, -0.15) is 4.98 Å². The number of carbonyl (C=O) groups excluding carboxylic acids is 1. The fourth-order valence-corrected chi connectivity index (χ4v) is 3.59. The van der Waals surface area contributed by atoms with Crippen molar-refractivity contribution in [3.63, 3.8) is 0 Å². The molecule has 1 aliphatic heterocycles. The van der Waals surface area contributed by atoms with Crippen LogP contribution in [-0.4, -0.2) is 42.1 Å². The van der Waals surface area contributed by atoms with Gasteiger partial charge >= 0.3 is 0 Å². The highest BCUT2D eigenvalue weighted by Crippen LogP contribution is 2.21. The Hall–Kier alpha value is -3.61. The minimum Gasteiger partial charge on any atom is -0.497 e. The van der Waals surface area contributed by atoms with E-state index in [1.807, 2.05) is 61.5 Å². The first-order valence-electron chi connectivity index (χ1n) is 10.5. The number of aryl methyl sites for hydroxylation is 1. The van der Waals surface area contributed by atoms with E-state index < -0.39 is 0 Å². The van der Waals surface area contributed by atoms with Crippen molar-refractivity contribution in [1.29, 1.82) is 0 Å². The number of amides is 1. The van der Waals surface area contributed by atoms with Gasteiger partial charge in [-0.3, -0.25) is 4.79 Å². The number of piperidine rings is 1.